The molecular formula is C49H38N6O6. The van der Waals surface area contributed by atoms with Crippen molar-refractivity contribution in [1.82, 2.24) is 10.0 Å². The van der Waals surface area contributed by atoms with Gasteiger partial charge in [0.1, 0.15) is 5.75 Å². The molecular weight excluding hydrogens is 769 g/mol. The number of hydrogen-bond acceptors (Lipinski definition) is 10. The highest BCUT2D eigenvalue weighted by atomic mass is 16.5. The van der Waals surface area contributed by atoms with E-state index in [1.807, 2.05) is 60.7 Å². The van der Waals surface area contributed by atoms with Crippen LogP contribution in [0, 0.1) is 22.7 Å². The summed E-state index contributed by atoms with van der Waals surface area (Å²) in [7, 11) is 4.51. The normalized spacial score (nSPS) is 17.3. The largest absolute Gasteiger partial charge is 0.493 e. The average Bonchev–Trinajstić information content (AvgIpc) is 3.32. The molecule has 6 aromatic carbocycles. The lowest BCUT2D eigenvalue weighted by Gasteiger charge is -2.39. The van der Waals surface area contributed by atoms with Crippen LogP contribution >= 0.6 is 0 Å². The van der Waals surface area contributed by atoms with Crippen LogP contribution in [0.2, 0.25) is 0 Å². The molecule has 0 aromatic heterocycles. The van der Waals surface area contributed by atoms with Crippen LogP contribution in [0.1, 0.15) is 54.1 Å². The molecule has 2 aliphatic rings. The Labute approximate surface area is 352 Å². The number of carbonyl (C=O) groups is 2. The zero-order valence-corrected chi connectivity index (χ0v) is 33.5. The van der Waals surface area contributed by atoms with E-state index in [0.717, 1.165) is 0 Å². The summed E-state index contributed by atoms with van der Waals surface area (Å²) in [5, 5.41) is 34.0. The highest BCUT2D eigenvalue weighted by Crippen LogP contribution is 2.46. The quantitative estimate of drug-likeness (QED) is 0.127. The number of carbonyl (C=O) groups excluding carboxylic acids is 2. The molecule has 2 amide bonds. The van der Waals surface area contributed by atoms with Gasteiger partial charge in [0, 0.05) is 57.9 Å². The van der Waals surface area contributed by atoms with Crippen molar-refractivity contribution in [2.24, 2.45) is 10.2 Å². The van der Waals surface area contributed by atoms with Gasteiger partial charge in [0.15, 0.2) is 34.1 Å². The number of fused-ring (bicyclic) bond motifs is 2. The number of hydrazone groups is 2. The third-order valence-electron chi connectivity index (χ3n) is 10.9. The van der Waals surface area contributed by atoms with Crippen molar-refractivity contribution >= 4 is 24.2 Å². The van der Waals surface area contributed by atoms with Crippen molar-refractivity contribution in [1.29, 1.82) is 10.5 Å². The van der Waals surface area contributed by atoms with Crippen LogP contribution in [-0.2, 0) is 23.9 Å². The van der Waals surface area contributed by atoms with E-state index in [4.69, 9.17) is 18.9 Å². The highest BCUT2D eigenvalue weighted by Gasteiger charge is 2.48. The van der Waals surface area contributed by atoms with E-state index in [9.17, 15) is 20.1 Å². The first-order chi connectivity index (χ1) is 29.8. The Bertz CT molecular complexity index is 2800. The molecule has 0 radical (unpaired) electrons. The van der Waals surface area contributed by atoms with Gasteiger partial charge >= 0.3 is 0 Å². The van der Waals surface area contributed by atoms with E-state index in [1.165, 1.54) is 31.3 Å². The molecule has 8 rings (SSSR count). The number of benzene rings is 6. The molecule has 2 unspecified atom stereocenters. The fraction of sp³-hybridized carbons (Fsp3) is 0.143. The second kappa shape index (κ2) is 16.6. The molecule has 6 aromatic rings. The standard InChI is InChI=1S/C49H38N6O6/c1-58-41-23-22-33(27-48(31-50)39-20-12-10-18-36(39)29-52-54(48)46(56)34-14-6-4-7-15-34)24-45(41)61-42-26-44(60-3)43(59-2)25-38(42)28-49(32-51)40-21-13-11-19-37(40)30-53-55(49)47(57)35-16-8-5-9-17-35/h4-26,29-30H,27-28H2,1-3H3. The Morgan fingerprint density at radius 2 is 1.02 bits per heavy atom. The van der Waals surface area contributed by atoms with E-state index in [2.05, 4.69) is 22.3 Å². The van der Waals surface area contributed by atoms with Crippen LogP contribution in [-0.4, -0.2) is 55.6 Å². The van der Waals surface area contributed by atoms with Gasteiger partial charge in [-0.2, -0.15) is 20.7 Å². The fourth-order valence-electron chi connectivity index (χ4n) is 7.87. The molecule has 2 heterocycles. The van der Waals surface area contributed by atoms with E-state index < -0.39 is 22.9 Å². The minimum absolute atomic E-state index is 0.0263. The SMILES string of the molecule is COc1cc(CC2(C#N)c3ccccc3C=NN2C(=O)c2ccccc2)c(Oc2cc(CC3(C#N)c4ccccc4C=NN3C(=O)c3ccccc3)ccc2OC)cc1OC. The second-order valence-corrected chi connectivity index (χ2v) is 14.3. The lowest BCUT2D eigenvalue weighted by molar-refractivity contribution is 0.0570. The van der Waals surface area contributed by atoms with Crippen molar-refractivity contribution in [3.63, 3.8) is 0 Å². The number of nitriles is 2. The molecule has 0 saturated heterocycles. The Balaban J connectivity index is 1.23. The molecule has 61 heavy (non-hydrogen) atoms. The van der Waals surface area contributed by atoms with E-state index in [0.29, 0.717) is 61.8 Å². The summed E-state index contributed by atoms with van der Waals surface area (Å²) in [4.78, 5) is 28.4. The van der Waals surface area contributed by atoms with Crippen molar-refractivity contribution in [3.05, 3.63) is 184 Å². The Hall–Kier alpha value is -8.22. The minimum atomic E-state index is -1.65. The predicted molar refractivity (Wildman–Crippen MR) is 228 cm³/mol. The molecule has 0 spiro atoms. The first-order valence-corrected chi connectivity index (χ1v) is 19.3. The molecule has 12 heteroatoms. The molecule has 0 saturated carbocycles. The van der Waals surface area contributed by atoms with Crippen LogP contribution in [0.25, 0.3) is 0 Å². The van der Waals surface area contributed by atoms with Gasteiger partial charge in [-0.1, -0.05) is 91.0 Å². The van der Waals surface area contributed by atoms with Crippen molar-refractivity contribution in [3.8, 4) is 40.9 Å². The first-order valence-electron chi connectivity index (χ1n) is 19.3. The summed E-state index contributed by atoms with van der Waals surface area (Å²) in [6, 6.07) is 45.6. The predicted octanol–water partition coefficient (Wildman–Crippen LogP) is 8.41. The van der Waals surface area contributed by atoms with Crippen LogP contribution in [0.4, 0.5) is 0 Å². The van der Waals surface area contributed by atoms with Gasteiger partial charge in [-0.3, -0.25) is 9.59 Å². The lowest BCUT2D eigenvalue weighted by atomic mass is 9.80. The molecule has 300 valence electrons. The van der Waals surface area contributed by atoms with Gasteiger partial charge in [0.2, 0.25) is 0 Å². The Morgan fingerprint density at radius 1 is 0.541 bits per heavy atom. The van der Waals surface area contributed by atoms with Gasteiger partial charge in [-0.05, 0) is 48.0 Å². The maximum absolute atomic E-state index is 14.2. The number of ether oxygens (including phenoxy) is 4. The first kappa shape index (κ1) is 39.6. The summed E-state index contributed by atoms with van der Waals surface area (Å²) in [6.07, 6.45) is 3.10. The van der Waals surface area contributed by atoms with Crippen molar-refractivity contribution < 1.29 is 28.5 Å². The molecule has 2 aliphatic heterocycles. The van der Waals surface area contributed by atoms with E-state index in [1.54, 1.807) is 91.3 Å². The van der Waals surface area contributed by atoms with Gasteiger partial charge < -0.3 is 18.9 Å². The Kier molecular flexibility index (Phi) is 10.8. The molecule has 0 fully saturated rings. The van der Waals surface area contributed by atoms with Crippen LogP contribution in [0.15, 0.2) is 150 Å². The molecule has 0 bridgehead atoms. The number of amides is 2. The molecule has 2 atom stereocenters. The maximum atomic E-state index is 14.2. The third kappa shape index (κ3) is 7.06. The summed E-state index contributed by atoms with van der Waals surface area (Å²) in [6.45, 7) is 0. The topological polar surface area (TPSA) is 150 Å². The van der Waals surface area contributed by atoms with Gasteiger partial charge in [0.05, 0.1) is 45.9 Å². The minimum Gasteiger partial charge on any atom is -0.493 e. The summed E-state index contributed by atoms with van der Waals surface area (Å²) in [5.41, 5.74) is 1.21. The van der Waals surface area contributed by atoms with Gasteiger partial charge in [0.25, 0.3) is 11.8 Å². The van der Waals surface area contributed by atoms with Gasteiger partial charge in [-0.15, -0.1) is 0 Å². The zero-order valence-electron chi connectivity index (χ0n) is 33.5. The van der Waals surface area contributed by atoms with Crippen LogP contribution < -0.4 is 18.9 Å². The van der Waals surface area contributed by atoms with Crippen LogP contribution in [0.3, 0.4) is 0 Å². The van der Waals surface area contributed by atoms with E-state index >= 15 is 0 Å². The summed E-state index contributed by atoms with van der Waals surface area (Å²) >= 11 is 0. The monoisotopic (exact) mass is 806 g/mol. The van der Waals surface area contributed by atoms with Crippen molar-refractivity contribution in [2.75, 3.05) is 21.3 Å². The molecule has 0 N–H and O–H groups in total. The second-order valence-electron chi connectivity index (χ2n) is 14.3. The molecule has 0 aliphatic carbocycles. The fourth-order valence-corrected chi connectivity index (χ4v) is 7.87. The summed E-state index contributed by atoms with van der Waals surface area (Å²) < 4.78 is 24.0. The number of hydrogen-bond donors (Lipinski definition) is 0. The van der Waals surface area contributed by atoms with E-state index in [-0.39, 0.29) is 24.3 Å². The lowest BCUT2D eigenvalue weighted by Crippen LogP contribution is -2.49. The van der Waals surface area contributed by atoms with Gasteiger partial charge in [-0.25, -0.2) is 10.0 Å². The average molecular weight is 807 g/mol. The highest BCUT2D eigenvalue weighted by molar-refractivity contribution is 5.98. The maximum Gasteiger partial charge on any atom is 0.275 e. The smallest absolute Gasteiger partial charge is 0.275 e. The Morgan fingerprint density at radius 3 is 1.52 bits per heavy atom. The number of nitrogens with zero attached hydrogens (tertiary/aromatic N) is 6. The third-order valence-corrected chi connectivity index (χ3v) is 10.9. The zero-order chi connectivity index (χ0) is 42.6. The summed E-state index contributed by atoms with van der Waals surface area (Å²) in [5.74, 6) is 0.696. The number of rotatable bonds is 11. The van der Waals surface area contributed by atoms with Crippen molar-refractivity contribution in [2.45, 2.75) is 23.9 Å². The number of methoxy groups -OCH3 is 3. The van der Waals surface area contributed by atoms with Crippen LogP contribution in [0.5, 0.6) is 28.7 Å². The molecule has 12 nitrogen and oxygen atoms in total.